The monoisotopic (exact) mass is 545 g/mol. The van der Waals surface area contributed by atoms with Crippen molar-refractivity contribution >= 4 is 21.2 Å². The maximum Gasteiger partial charge on any atom is 0.279 e. The van der Waals surface area contributed by atoms with Crippen LogP contribution in [-0.2, 0) is 14.8 Å². The summed E-state index contributed by atoms with van der Waals surface area (Å²) in [5.41, 5.74) is 0.825. The molecule has 0 amide bonds. The molecule has 11 heteroatoms. The van der Waals surface area contributed by atoms with Crippen LogP contribution in [0.3, 0.4) is 0 Å². The van der Waals surface area contributed by atoms with E-state index in [2.05, 4.69) is 23.8 Å². The van der Waals surface area contributed by atoms with E-state index in [9.17, 15) is 13.2 Å². The molecular formula is C27H39N5O5S. The molecular weight excluding hydrogens is 506 g/mol. The largest absolute Gasteiger partial charge is 0.493 e. The number of unbranched alkanes of at least 4 members (excludes halogenated alkanes) is 3. The summed E-state index contributed by atoms with van der Waals surface area (Å²) in [7, 11) is -3.75. The Kier molecular flexibility index (Phi) is 9.56. The predicted octanol–water partition coefficient (Wildman–Crippen LogP) is 4.52. The van der Waals surface area contributed by atoms with Crippen molar-refractivity contribution in [2.45, 2.75) is 76.7 Å². The predicted molar refractivity (Wildman–Crippen MR) is 147 cm³/mol. The van der Waals surface area contributed by atoms with Gasteiger partial charge in [-0.15, -0.1) is 0 Å². The third-order valence-electron chi connectivity index (χ3n) is 6.96. The number of fused-ring (bicyclic) bond motifs is 1. The minimum atomic E-state index is -3.75. The molecule has 3 heterocycles. The van der Waals surface area contributed by atoms with Gasteiger partial charge < -0.3 is 19.0 Å². The molecule has 3 aromatic rings. The molecule has 1 aliphatic heterocycles. The van der Waals surface area contributed by atoms with E-state index in [4.69, 9.17) is 14.5 Å². The lowest BCUT2D eigenvalue weighted by Crippen LogP contribution is -2.40. The van der Waals surface area contributed by atoms with E-state index < -0.39 is 10.0 Å². The lowest BCUT2D eigenvalue weighted by atomic mass is 10.1. The molecule has 1 saturated heterocycles. The number of benzene rings is 1. The molecule has 1 fully saturated rings. The summed E-state index contributed by atoms with van der Waals surface area (Å²) in [5.74, 6) is 0.725. The lowest BCUT2D eigenvalue weighted by molar-refractivity contribution is 0.0730. The molecule has 208 valence electrons. The standard InChI is InChI=1S/C27H39N5O5S/c1-4-7-8-9-10-20(6-3)32-19-28-24-26(32)29-25(30-27(24)33)22-18-21(11-12-23(22)37-15-5-2)38(34,35)31-13-16-36-17-14-31/h11-12,18-20H,4-10,13-17H2,1-3H3,(H,29,30,33). The highest BCUT2D eigenvalue weighted by molar-refractivity contribution is 7.89. The van der Waals surface area contributed by atoms with Gasteiger partial charge in [0, 0.05) is 19.1 Å². The zero-order chi connectivity index (χ0) is 27.1. The summed E-state index contributed by atoms with van der Waals surface area (Å²) in [5, 5.41) is 0. The molecule has 1 N–H and O–H groups in total. The van der Waals surface area contributed by atoms with Crippen LogP contribution in [0, 0.1) is 0 Å². The molecule has 1 aromatic carbocycles. The summed E-state index contributed by atoms with van der Waals surface area (Å²) < 4.78 is 41.5. The van der Waals surface area contributed by atoms with Crippen molar-refractivity contribution in [2.75, 3.05) is 32.9 Å². The molecule has 0 saturated carbocycles. The second-order valence-corrected chi connectivity index (χ2v) is 11.6. The highest BCUT2D eigenvalue weighted by atomic mass is 32.2. The fraction of sp³-hybridized carbons (Fsp3) is 0.593. The van der Waals surface area contributed by atoms with E-state index in [0.717, 1.165) is 25.7 Å². The third-order valence-corrected chi connectivity index (χ3v) is 8.86. The molecule has 1 aliphatic rings. The first-order chi connectivity index (χ1) is 18.4. The van der Waals surface area contributed by atoms with E-state index in [1.54, 1.807) is 24.5 Å². The van der Waals surface area contributed by atoms with Crippen molar-refractivity contribution in [2.24, 2.45) is 0 Å². The molecule has 1 unspecified atom stereocenters. The minimum absolute atomic E-state index is 0.122. The molecule has 10 nitrogen and oxygen atoms in total. The topological polar surface area (TPSA) is 119 Å². The first-order valence-electron chi connectivity index (χ1n) is 13.7. The van der Waals surface area contributed by atoms with E-state index in [1.807, 2.05) is 11.5 Å². The molecule has 0 radical (unpaired) electrons. The maximum absolute atomic E-state index is 13.4. The average Bonchev–Trinajstić information content (AvgIpc) is 3.37. The Morgan fingerprint density at radius 1 is 1.11 bits per heavy atom. The van der Waals surface area contributed by atoms with Crippen LogP contribution in [-0.4, -0.2) is 65.2 Å². The van der Waals surface area contributed by atoms with Crippen LogP contribution in [0.15, 0.2) is 34.2 Å². The highest BCUT2D eigenvalue weighted by Crippen LogP contribution is 2.32. The van der Waals surface area contributed by atoms with Gasteiger partial charge in [-0.1, -0.05) is 46.5 Å². The molecule has 4 rings (SSSR count). The Morgan fingerprint density at radius 3 is 2.61 bits per heavy atom. The lowest BCUT2D eigenvalue weighted by Gasteiger charge is -2.26. The Hall–Kier alpha value is -2.76. The number of nitrogens with zero attached hydrogens (tertiary/aromatic N) is 4. The maximum atomic E-state index is 13.4. The summed E-state index contributed by atoms with van der Waals surface area (Å²) in [4.78, 5) is 25.2. The fourth-order valence-corrected chi connectivity index (χ4v) is 6.23. The quantitative estimate of drug-likeness (QED) is 0.314. The van der Waals surface area contributed by atoms with Crippen molar-refractivity contribution in [3.05, 3.63) is 34.9 Å². The third kappa shape index (κ3) is 6.10. The van der Waals surface area contributed by atoms with E-state index in [0.29, 0.717) is 49.9 Å². The number of rotatable bonds is 13. The number of morpholine rings is 1. The smallest absolute Gasteiger partial charge is 0.279 e. The Morgan fingerprint density at radius 2 is 1.89 bits per heavy atom. The molecule has 0 bridgehead atoms. The normalized spacial score (nSPS) is 15.7. The van der Waals surface area contributed by atoms with Crippen LogP contribution in [0.4, 0.5) is 0 Å². The van der Waals surface area contributed by atoms with Gasteiger partial charge in [0.15, 0.2) is 11.2 Å². The van der Waals surface area contributed by atoms with Gasteiger partial charge in [0.05, 0.1) is 36.6 Å². The Labute approximate surface area is 224 Å². The zero-order valence-corrected chi connectivity index (χ0v) is 23.4. The number of sulfonamides is 1. The minimum Gasteiger partial charge on any atom is -0.493 e. The molecule has 38 heavy (non-hydrogen) atoms. The van der Waals surface area contributed by atoms with Gasteiger partial charge in [0.1, 0.15) is 11.6 Å². The van der Waals surface area contributed by atoms with Gasteiger partial charge >= 0.3 is 0 Å². The van der Waals surface area contributed by atoms with Gasteiger partial charge in [0.25, 0.3) is 5.56 Å². The van der Waals surface area contributed by atoms with Crippen molar-refractivity contribution in [3.8, 4) is 17.1 Å². The number of H-pyrrole nitrogens is 1. The van der Waals surface area contributed by atoms with Crippen LogP contribution < -0.4 is 10.3 Å². The van der Waals surface area contributed by atoms with Gasteiger partial charge in [-0.05, 0) is 37.5 Å². The van der Waals surface area contributed by atoms with Crippen LogP contribution in [0.25, 0.3) is 22.6 Å². The van der Waals surface area contributed by atoms with Crippen molar-refractivity contribution in [3.63, 3.8) is 0 Å². The number of hydrogen-bond acceptors (Lipinski definition) is 7. The Bertz CT molecular complexity index is 1380. The van der Waals surface area contributed by atoms with Crippen molar-refractivity contribution in [1.29, 1.82) is 0 Å². The molecule has 0 aliphatic carbocycles. The first kappa shape index (κ1) is 28.3. The number of aromatic nitrogens is 4. The summed E-state index contributed by atoms with van der Waals surface area (Å²) in [6.45, 7) is 8.06. The van der Waals surface area contributed by atoms with Crippen LogP contribution in [0.2, 0.25) is 0 Å². The van der Waals surface area contributed by atoms with E-state index >= 15 is 0 Å². The second kappa shape index (κ2) is 12.9. The van der Waals surface area contributed by atoms with Gasteiger partial charge in [-0.25, -0.2) is 18.4 Å². The average molecular weight is 546 g/mol. The van der Waals surface area contributed by atoms with Crippen LogP contribution in [0.1, 0.15) is 71.8 Å². The fourth-order valence-electron chi connectivity index (χ4n) is 4.80. The SMILES string of the molecule is CCCCCCC(CC)n1cnc2c(=O)[nH]c(-c3cc(S(=O)(=O)N4CCOCC4)ccc3OCCC)nc21. The van der Waals surface area contributed by atoms with E-state index in [-0.39, 0.29) is 27.8 Å². The molecule has 1 atom stereocenters. The number of ether oxygens (including phenoxy) is 2. The van der Waals surface area contributed by atoms with Gasteiger partial charge in [-0.3, -0.25) is 4.79 Å². The highest BCUT2D eigenvalue weighted by Gasteiger charge is 2.28. The number of nitrogens with one attached hydrogen (secondary N) is 1. The molecule has 2 aromatic heterocycles. The van der Waals surface area contributed by atoms with Gasteiger partial charge in [-0.2, -0.15) is 4.31 Å². The summed E-state index contributed by atoms with van der Waals surface area (Å²) in [6, 6.07) is 4.90. The van der Waals surface area contributed by atoms with Gasteiger partial charge in [0.2, 0.25) is 10.0 Å². The second-order valence-electron chi connectivity index (χ2n) is 9.67. The Balaban J connectivity index is 1.78. The number of aromatic amines is 1. The van der Waals surface area contributed by atoms with Crippen LogP contribution >= 0.6 is 0 Å². The zero-order valence-electron chi connectivity index (χ0n) is 22.6. The first-order valence-corrected chi connectivity index (χ1v) is 15.2. The summed E-state index contributed by atoms with van der Waals surface area (Å²) >= 11 is 0. The van der Waals surface area contributed by atoms with E-state index in [1.165, 1.54) is 23.6 Å². The van der Waals surface area contributed by atoms with Crippen molar-refractivity contribution < 1.29 is 17.9 Å². The molecule has 0 spiro atoms. The summed E-state index contributed by atoms with van der Waals surface area (Å²) in [6.07, 6.45) is 8.97. The van der Waals surface area contributed by atoms with Crippen molar-refractivity contribution in [1.82, 2.24) is 23.8 Å². The number of imidazole rings is 1. The van der Waals surface area contributed by atoms with Crippen LogP contribution in [0.5, 0.6) is 5.75 Å². The number of hydrogen-bond donors (Lipinski definition) is 1.